The molecule has 2 aromatic carbocycles. The van der Waals surface area contributed by atoms with Gasteiger partial charge in [-0.2, -0.15) is 0 Å². The van der Waals surface area contributed by atoms with E-state index in [1.54, 1.807) is 18.2 Å². The summed E-state index contributed by atoms with van der Waals surface area (Å²) in [6, 6.07) is 12.7. The summed E-state index contributed by atoms with van der Waals surface area (Å²) in [7, 11) is 0. The molecule has 0 aliphatic carbocycles. The Morgan fingerprint density at radius 3 is 2.63 bits per heavy atom. The molecule has 98 valence electrons. The number of nitrogens with two attached hydrogens (primary N) is 2. The second-order valence-electron chi connectivity index (χ2n) is 4.13. The van der Waals surface area contributed by atoms with Crippen LogP contribution in [0.4, 0.5) is 11.4 Å². The molecular weight excluding hydrogens is 262 g/mol. The molecule has 0 heterocycles. The van der Waals surface area contributed by atoms with Gasteiger partial charge < -0.3 is 16.8 Å². The zero-order valence-corrected chi connectivity index (χ0v) is 10.9. The lowest BCUT2D eigenvalue weighted by Gasteiger charge is -2.11. The molecule has 0 radical (unpaired) electrons. The van der Waals surface area contributed by atoms with E-state index in [9.17, 15) is 4.79 Å². The van der Waals surface area contributed by atoms with E-state index >= 15 is 0 Å². The highest BCUT2D eigenvalue weighted by Crippen LogP contribution is 2.24. The fraction of sp³-hybridized carbons (Fsp3) is 0.0714. The first kappa shape index (κ1) is 13.2. The van der Waals surface area contributed by atoms with Crippen LogP contribution in [0.25, 0.3) is 0 Å². The Bertz CT molecular complexity index is 613. The van der Waals surface area contributed by atoms with Gasteiger partial charge in [0.15, 0.2) is 0 Å². The number of anilines is 2. The van der Waals surface area contributed by atoms with Gasteiger partial charge in [-0.25, -0.2) is 0 Å². The maximum atomic E-state index is 11.4. The van der Waals surface area contributed by atoms with E-state index in [1.165, 1.54) is 0 Å². The van der Waals surface area contributed by atoms with Crippen molar-refractivity contribution in [3.63, 3.8) is 0 Å². The van der Waals surface area contributed by atoms with Gasteiger partial charge in [0.05, 0.1) is 10.6 Å². The smallest absolute Gasteiger partial charge is 0.252 e. The van der Waals surface area contributed by atoms with Crippen LogP contribution < -0.4 is 16.8 Å². The van der Waals surface area contributed by atoms with Crippen molar-refractivity contribution in [2.45, 2.75) is 6.54 Å². The first-order chi connectivity index (χ1) is 9.08. The number of hydrogen-bond acceptors (Lipinski definition) is 3. The third-order valence-corrected chi connectivity index (χ3v) is 3.01. The quantitative estimate of drug-likeness (QED) is 0.750. The van der Waals surface area contributed by atoms with E-state index in [1.807, 2.05) is 24.3 Å². The Morgan fingerprint density at radius 2 is 1.95 bits per heavy atom. The van der Waals surface area contributed by atoms with Crippen LogP contribution in [0.5, 0.6) is 0 Å². The molecule has 0 saturated carbocycles. The Kier molecular flexibility index (Phi) is 3.92. The molecule has 0 bridgehead atoms. The van der Waals surface area contributed by atoms with Crippen LogP contribution in [0.3, 0.4) is 0 Å². The molecule has 0 saturated heterocycles. The van der Waals surface area contributed by atoms with Crippen molar-refractivity contribution >= 4 is 28.9 Å². The van der Waals surface area contributed by atoms with Crippen LogP contribution in [0.2, 0.25) is 5.02 Å². The summed E-state index contributed by atoms with van der Waals surface area (Å²) in [5, 5.41) is 3.48. The number of nitrogen functional groups attached to an aromatic ring is 1. The lowest BCUT2D eigenvalue weighted by molar-refractivity contribution is 0.100. The number of benzene rings is 2. The van der Waals surface area contributed by atoms with Crippen LogP contribution in [0.1, 0.15) is 15.9 Å². The molecule has 5 N–H and O–H groups in total. The molecule has 4 nitrogen and oxygen atoms in total. The topological polar surface area (TPSA) is 81.1 Å². The van der Waals surface area contributed by atoms with Gasteiger partial charge in [0.25, 0.3) is 5.91 Å². The van der Waals surface area contributed by atoms with Crippen molar-refractivity contribution in [1.29, 1.82) is 0 Å². The first-order valence-electron chi connectivity index (χ1n) is 5.74. The Morgan fingerprint density at radius 1 is 1.21 bits per heavy atom. The predicted octanol–water partition coefficient (Wildman–Crippen LogP) is 2.63. The summed E-state index contributed by atoms with van der Waals surface area (Å²) < 4.78 is 0. The van der Waals surface area contributed by atoms with Gasteiger partial charge >= 0.3 is 0 Å². The van der Waals surface area contributed by atoms with Crippen molar-refractivity contribution in [1.82, 2.24) is 0 Å². The summed E-state index contributed by atoms with van der Waals surface area (Å²) in [6.07, 6.45) is 0. The highest BCUT2D eigenvalue weighted by atomic mass is 35.5. The number of carbonyl (C=O) groups is 1. The lowest BCUT2D eigenvalue weighted by Crippen LogP contribution is -2.15. The number of amides is 1. The molecule has 0 atom stereocenters. The second kappa shape index (κ2) is 5.63. The molecule has 0 aromatic heterocycles. The maximum Gasteiger partial charge on any atom is 0.252 e. The van der Waals surface area contributed by atoms with Crippen LogP contribution in [0.15, 0.2) is 42.5 Å². The largest absolute Gasteiger partial charge is 0.399 e. The van der Waals surface area contributed by atoms with Gasteiger partial charge in [0.1, 0.15) is 0 Å². The van der Waals surface area contributed by atoms with Crippen LogP contribution in [0, 0.1) is 0 Å². The fourth-order valence-corrected chi connectivity index (χ4v) is 2.09. The van der Waals surface area contributed by atoms with E-state index in [4.69, 9.17) is 23.1 Å². The number of hydrogen-bond donors (Lipinski definition) is 3. The van der Waals surface area contributed by atoms with E-state index < -0.39 is 5.91 Å². The van der Waals surface area contributed by atoms with Gasteiger partial charge in [-0.3, -0.25) is 4.79 Å². The van der Waals surface area contributed by atoms with Gasteiger partial charge in [-0.15, -0.1) is 0 Å². The zero-order chi connectivity index (χ0) is 13.8. The highest BCUT2D eigenvalue weighted by molar-refractivity contribution is 6.34. The molecule has 2 rings (SSSR count). The minimum absolute atomic E-state index is 0.299. The number of nitrogens with one attached hydrogen (secondary N) is 1. The molecule has 0 spiro atoms. The summed E-state index contributed by atoms with van der Waals surface area (Å²) in [4.78, 5) is 11.4. The third kappa shape index (κ3) is 3.17. The lowest BCUT2D eigenvalue weighted by atomic mass is 10.1. The minimum atomic E-state index is -0.555. The van der Waals surface area contributed by atoms with Crippen molar-refractivity contribution in [3.8, 4) is 0 Å². The van der Waals surface area contributed by atoms with Crippen molar-refractivity contribution < 1.29 is 4.79 Å². The van der Waals surface area contributed by atoms with E-state index in [2.05, 4.69) is 5.32 Å². The highest BCUT2D eigenvalue weighted by Gasteiger charge is 2.11. The molecule has 2 aromatic rings. The standard InChI is InChI=1S/C14H14ClN3O/c15-11-5-2-6-12(13(11)14(17)19)18-8-9-3-1-4-10(16)7-9/h1-7,18H,8,16H2,(H2,17,19). The van der Waals surface area contributed by atoms with Crippen molar-refractivity contribution in [2.75, 3.05) is 11.1 Å². The summed E-state index contributed by atoms with van der Waals surface area (Å²) in [5.74, 6) is -0.555. The average Bonchev–Trinajstić information content (AvgIpc) is 2.36. The van der Waals surface area contributed by atoms with Gasteiger partial charge in [0.2, 0.25) is 0 Å². The van der Waals surface area contributed by atoms with E-state index in [0.717, 1.165) is 5.56 Å². The maximum absolute atomic E-state index is 11.4. The van der Waals surface area contributed by atoms with Gasteiger partial charge in [-0.1, -0.05) is 29.8 Å². The van der Waals surface area contributed by atoms with E-state index in [-0.39, 0.29) is 0 Å². The Labute approximate surface area is 116 Å². The Hall–Kier alpha value is -2.20. The second-order valence-corrected chi connectivity index (χ2v) is 4.53. The molecule has 1 amide bonds. The number of carbonyl (C=O) groups excluding carboxylic acids is 1. The van der Waals surface area contributed by atoms with Crippen molar-refractivity contribution in [2.24, 2.45) is 5.73 Å². The van der Waals surface area contributed by atoms with Crippen LogP contribution in [-0.2, 0) is 6.54 Å². The SMILES string of the molecule is NC(=O)c1c(Cl)cccc1NCc1cccc(N)c1. The average molecular weight is 276 g/mol. The summed E-state index contributed by atoms with van der Waals surface area (Å²) in [6.45, 7) is 0.533. The number of rotatable bonds is 4. The van der Waals surface area contributed by atoms with Crippen molar-refractivity contribution in [3.05, 3.63) is 58.6 Å². The minimum Gasteiger partial charge on any atom is -0.399 e. The van der Waals surface area contributed by atoms with E-state index in [0.29, 0.717) is 28.5 Å². The van der Waals surface area contributed by atoms with Crippen LogP contribution >= 0.6 is 11.6 Å². The van der Waals surface area contributed by atoms with Gasteiger partial charge in [0, 0.05) is 17.9 Å². The normalized spacial score (nSPS) is 10.2. The number of halogens is 1. The molecule has 19 heavy (non-hydrogen) atoms. The molecule has 0 fully saturated rings. The molecule has 0 unspecified atom stereocenters. The summed E-state index contributed by atoms with van der Waals surface area (Å²) in [5.41, 5.74) is 13.6. The fourth-order valence-electron chi connectivity index (χ4n) is 1.82. The molecule has 0 aliphatic rings. The molecule has 5 heteroatoms. The van der Waals surface area contributed by atoms with Crippen LogP contribution in [-0.4, -0.2) is 5.91 Å². The molecular formula is C14H14ClN3O. The predicted molar refractivity (Wildman–Crippen MR) is 78.2 cm³/mol. The Balaban J connectivity index is 2.20. The third-order valence-electron chi connectivity index (χ3n) is 2.69. The molecule has 0 aliphatic heterocycles. The number of primary amides is 1. The first-order valence-corrected chi connectivity index (χ1v) is 6.12. The van der Waals surface area contributed by atoms with Gasteiger partial charge in [-0.05, 0) is 29.8 Å². The summed E-state index contributed by atoms with van der Waals surface area (Å²) >= 11 is 5.97. The monoisotopic (exact) mass is 275 g/mol. The zero-order valence-electron chi connectivity index (χ0n) is 10.2.